The maximum Gasteiger partial charge on any atom is 0.0744 e. The molecule has 0 spiro atoms. The molecule has 0 saturated carbocycles. The smallest absolute Gasteiger partial charge is 0.0744 e. The molecule has 4 rings (SSSR count). The van der Waals surface area contributed by atoms with Crippen LogP contribution in [0.2, 0.25) is 0 Å². The van der Waals surface area contributed by atoms with Gasteiger partial charge in [0.1, 0.15) is 0 Å². The van der Waals surface area contributed by atoms with Gasteiger partial charge in [0.05, 0.1) is 6.61 Å². The summed E-state index contributed by atoms with van der Waals surface area (Å²) >= 11 is 3.62. The fraction of sp³-hybridized carbons (Fsp3) is 0.600. The van der Waals surface area contributed by atoms with Gasteiger partial charge in [0.25, 0.3) is 0 Å². The number of benzene rings is 1. The van der Waals surface area contributed by atoms with E-state index in [0.29, 0.717) is 12.6 Å². The number of halogens is 1. The molecule has 0 aliphatic carbocycles. The summed E-state index contributed by atoms with van der Waals surface area (Å²) < 4.78 is 6.45. The van der Waals surface area contributed by atoms with Crippen LogP contribution >= 0.6 is 15.9 Å². The molecule has 0 amide bonds. The second-order valence-electron chi connectivity index (χ2n) is 5.59. The summed E-state index contributed by atoms with van der Waals surface area (Å²) in [6.07, 6.45) is 2.68. The summed E-state index contributed by atoms with van der Waals surface area (Å²) in [6.45, 7) is 4.40. The number of anilines is 1. The van der Waals surface area contributed by atoms with Crippen LogP contribution in [0.5, 0.6) is 0 Å². The summed E-state index contributed by atoms with van der Waals surface area (Å²) in [5, 5.41) is 3.75. The van der Waals surface area contributed by atoms with Crippen LogP contribution in [0.1, 0.15) is 18.4 Å². The molecule has 2 bridgehead atoms. The second kappa shape index (κ2) is 5.81. The molecule has 104 valence electrons. The van der Waals surface area contributed by atoms with Gasteiger partial charge in [0, 0.05) is 35.4 Å². The van der Waals surface area contributed by atoms with Crippen molar-refractivity contribution in [2.24, 2.45) is 5.92 Å². The molecule has 0 aromatic heterocycles. The van der Waals surface area contributed by atoms with Crippen molar-refractivity contribution in [1.29, 1.82) is 0 Å². The maximum absolute atomic E-state index is 5.32. The third-order valence-electron chi connectivity index (χ3n) is 4.40. The first-order chi connectivity index (χ1) is 9.28. The van der Waals surface area contributed by atoms with E-state index in [-0.39, 0.29) is 0 Å². The highest BCUT2D eigenvalue weighted by molar-refractivity contribution is 9.10. The minimum absolute atomic E-state index is 0.590. The summed E-state index contributed by atoms with van der Waals surface area (Å²) in [5.74, 6) is 0.833. The number of hydrogen-bond donors (Lipinski definition) is 1. The van der Waals surface area contributed by atoms with E-state index in [2.05, 4.69) is 44.3 Å². The zero-order valence-corrected chi connectivity index (χ0v) is 12.9. The fourth-order valence-electron chi connectivity index (χ4n) is 3.31. The van der Waals surface area contributed by atoms with Crippen molar-refractivity contribution in [3.8, 4) is 0 Å². The van der Waals surface area contributed by atoms with E-state index in [1.165, 1.54) is 43.7 Å². The monoisotopic (exact) mass is 324 g/mol. The van der Waals surface area contributed by atoms with Crippen LogP contribution in [0.15, 0.2) is 22.7 Å². The van der Waals surface area contributed by atoms with Crippen molar-refractivity contribution in [2.45, 2.75) is 25.5 Å². The minimum atomic E-state index is 0.590. The summed E-state index contributed by atoms with van der Waals surface area (Å²) in [4.78, 5) is 2.58. The van der Waals surface area contributed by atoms with E-state index >= 15 is 0 Å². The van der Waals surface area contributed by atoms with Gasteiger partial charge in [-0.1, -0.05) is 22.0 Å². The van der Waals surface area contributed by atoms with Gasteiger partial charge in [-0.15, -0.1) is 0 Å². The first kappa shape index (κ1) is 13.4. The molecular formula is C15H21BrN2O. The Morgan fingerprint density at radius 2 is 2.16 bits per heavy atom. The molecule has 3 fully saturated rings. The number of fused-ring (bicyclic) bond motifs is 3. The molecule has 3 saturated heterocycles. The van der Waals surface area contributed by atoms with Crippen LogP contribution in [-0.2, 0) is 11.3 Å². The number of hydrogen-bond acceptors (Lipinski definition) is 3. The molecule has 3 nitrogen and oxygen atoms in total. The standard InChI is InChI=1S/C15H21BrN2O/c1-19-10-12-13(16)3-2-4-14(12)17-15-9-18-7-5-11(15)6-8-18/h2-4,11,15,17H,5-10H2,1H3. The van der Waals surface area contributed by atoms with Crippen LogP contribution in [0.3, 0.4) is 0 Å². The predicted octanol–water partition coefficient (Wildman–Crippen LogP) is 3.10. The molecular weight excluding hydrogens is 304 g/mol. The van der Waals surface area contributed by atoms with Gasteiger partial charge in [-0.2, -0.15) is 0 Å². The molecule has 3 aliphatic rings. The quantitative estimate of drug-likeness (QED) is 0.921. The van der Waals surface area contributed by atoms with Crippen molar-refractivity contribution in [2.75, 3.05) is 32.1 Å². The number of rotatable bonds is 4. The first-order valence-corrected chi connectivity index (χ1v) is 7.82. The molecule has 0 radical (unpaired) electrons. The van der Waals surface area contributed by atoms with E-state index in [1.54, 1.807) is 7.11 Å². The lowest BCUT2D eigenvalue weighted by Gasteiger charge is -2.45. The van der Waals surface area contributed by atoms with Gasteiger partial charge in [-0.3, -0.25) is 0 Å². The van der Waals surface area contributed by atoms with Crippen LogP contribution in [0.25, 0.3) is 0 Å². The van der Waals surface area contributed by atoms with Crippen LogP contribution in [0, 0.1) is 5.92 Å². The zero-order valence-electron chi connectivity index (χ0n) is 11.4. The fourth-order valence-corrected chi connectivity index (χ4v) is 3.79. The number of ether oxygens (including phenoxy) is 1. The molecule has 19 heavy (non-hydrogen) atoms. The molecule has 1 unspecified atom stereocenters. The van der Waals surface area contributed by atoms with E-state index < -0.39 is 0 Å². The average molecular weight is 325 g/mol. The number of nitrogens with zero attached hydrogens (tertiary/aromatic N) is 1. The number of piperidine rings is 3. The normalized spacial score (nSPS) is 29.5. The number of methoxy groups -OCH3 is 1. The average Bonchev–Trinajstić information content (AvgIpc) is 2.44. The van der Waals surface area contributed by atoms with E-state index in [1.807, 2.05) is 0 Å². The Labute approximate surface area is 123 Å². The van der Waals surface area contributed by atoms with Gasteiger partial charge in [-0.25, -0.2) is 0 Å². The highest BCUT2D eigenvalue weighted by atomic mass is 79.9. The SMILES string of the molecule is COCc1c(Br)cccc1NC1CN2CCC1CC2. The largest absolute Gasteiger partial charge is 0.380 e. The van der Waals surface area contributed by atoms with E-state index in [9.17, 15) is 0 Å². The molecule has 1 aromatic rings. The highest BCUT2D eigenvalue weighted by Gasteiger charge is 2.34. The van der Waals surface area contributed by atoms with Gasteiger partial charge in [0.15, 0.2) is 0 Å². The molecule has 1 aromatic carbocycles. The summed E-state index contributed by atoms with van der Waals surface area (Å²) in [5.41, 5.74) is 2.44. The Morgan fingerprint density at radius 3 is 2.79 bits per heavy atom. The zero-order chi connectivity index (χ0) is 13.2. The van der Waals surface area contributed by atoms with Gasteiger partial charge in [0.2, 0.25) is 0 Å². The van der Waals surface area contributed by atoms with Crippen molar-refractivity contribution in [1.82, 2.24) is 4.90 Å². The second-order valence-corrected chi connectivity index (χ2v) is 6.44. The third-order valence-corrected chi connectivity index (χ3v) is 5.15. The van der Waals surface area contributed by atoms with E-state index in [0.717, 1.165) is 10.4 Å². The lowest BCUT2D eigenvalue weighted by atomic mass is 9.84. The molecule has 1 N–H and O–H groups in total. The number of nitrogens with one attached hydrogen (secondary N) is 1. The van der Waals surface area contributed by atoms with Crippen LogP contribution in [-0.4, -0.2) is 37.7 Å². The Bertz CT molecular complexity index is 444. The lowest BCUT2D eigenvalue weighted by Crippen LogP contribution is -2.53. The van der Waals surface area contributed by atoms with Crippen molar-refractivity contribution >= 4 is 21.6 Å². The molecule has 3 aliphatic heterocycles. The maximum atomic E-state index is 5.32. The highest BCUT2D eigenvalue weighted by Crippen LogP contribution is 2.32. The predicted molar refractivity (Wildman–Crippen MR) is 81.4 cm³/mol. The minimum Gasteiger partial charge on any atom is -0.380 e. The molecule has 4 heteroatoms. The van der Waals surface area contributed by atoms with Crippen molar-refractivity contribution in [3.05, 3.63) is 28.2 Å². The van der Waals surface area contributed by atoms with Crippen LogP contribution < -0.4 is 5.32 Å². The first-order valence-electron chi connectivity index (χ1n) is 7.03. The van der Waals surface area contributed by atoms with Crippen molar-refractivity contribution in [3.63, 3.8) is 0 Å². The lowest BCUT2D eigenvalue weighted by molar-refractivity contribution is 0.0974. The van der Waals surface area contributed by atoms with Gasteiger partial charge >= 0.3 is 0 Å². The Kier molecular flexibility index (Phi) is 4.10. The van der Waals surface area contributed by atoms with Crippen LogP contribution in [0.4, 0.5) is 5.69 Å². The van der Waals surface area contributed by atoms with E-state index in [4.69, 9.17) is 4.74 Å². The third kappa shape index (κ3) is 2.81. The Hall–Kier alpha value is -0.580. The topological polar surface area (TPSA) is 24.5 Å². The Morgan fingerprint density at radius 1 is 1.37 bits per heavy atom. The van der Waals surface area contributed by atoms with Crippen molar-refractivity contribution < 1.29 is 4.74 Å². The molecule has 1 atom stereocenters. The summed E-state index contributed by atoms with van der Waals surface area (Å²) in [6, 6.07) is 6.92. The van der Waals surface area contributed by atoms with Gasteiger partial charge in [-0.05, 0) is 44.0 Å². The summed E-state index contributed by atoms with van der Waals surface area (Å²) in [7, 11) is 1.75. The molecule has 3 heterocycles. The Balaban J connectivity index is 1.77. The van der Waals surface area contributed by atoms with Gasteiger partial charge < -0.3 is 15.0 Å².